The first kappa shape index (κ1) is 19.0. The SMILES string of the molecule is CC(=O)[N](C)[Hf+2][N](C)C(C)=O.[Cl-].[Cl-]. The van der Waals surface area contributed by atoms with E-state index in [0.717, 1.165) is 0 Å². The molecular formula is C6H12Cl2HfN2O2. The van der Waals surface area contributed by atoms with E-state index in [-0.39, 0.29) is 36.6 Å². The summed E-state index contributed by atoms with van der Waals surface area (Å²) in [6, 6.07) is 0. The molecule has 0 aromatic heterocycles. The third-order valence-corrected chi connectivity index (χ3v) is 5.66. The summed E-state index contributed by atoms with van der Waals surface area (Å²) < 4.78 is 3.34. The van der Waals surface area contributed by atoms with E-state index >= 15 is 0 Å². The topological polar surface area (TPSA) is 40.6 Å². The van der Waals surface area contributed by atoms with Gasteiger partial charge in [0.2, 0.25) is 0 Å². The third kappa shape index (κ3) is 8.71. The molecule has 13 heavy (non-hydrogen) atoms. The summed E-state index contributed by atoms with van der Waals surface area (Å²) >= 11 is -1.35. The van der Waals surface area contributed by atoms with Gasteiger partial charge < -0.3 is 24.8 Å². The summed E-state index contributed by atoms with van der Waals surface area (Å²) in [4.78, 5) is 21.5. The van der Waals surface area contributed by atoms with E-state index in [4.69, 9.17) is 0 Å². The van der Waals surface area contributed by atoms with Crippen molar-refractivity contribution in [1.29, 1.82) is 0 Å². The van der Waals surface area contributed by atoms with Gasteiger partial charge in [-0.2, -0.15) is 0 Å². The molecule has 0 N–H and O–H groups in total. The first-order chi connectivity index (χ1) is 4.95. The van der Waals surface area contributed by atoms with Crippen molar-refractivity contribution in [1.82, 2.24) is 5.78 Å². The molecule has 4 nitrogen and oxygen atoms in total. The quantitative estimate of drug-likeness (QED) is 0.438. The Kier molecular flexibility index (Phi) is 13.1. The average molecular weight is 394 g/mol. The Balaban J connectivity index is -0.000000500. The molecule has 0 aromatic rings. The molecule has 0 rings (SSSR count). The molecule has 0 bridgehead atoms. The summed E-state index contributed by atoms with van der Waals surface area (Å²) in [6.45, 7) is 3.03. The maximum atomic E-state index is 10.7. The molecule has 0 aliphatic carbocycles. The summed E-state index contributed by atoms with van der Waals surface area (Å²) in [5.74, 6) is 0.0860. The van der Waals surface area contributed by atoms with E-state index in [1.54, 1.807) is 19.9 Å². The van der Waals surface area contributed by atoms with Gasteiger partial charge in [0.25, 0.3) is 0 Å². The van der Waals surface area contributed by atoms with Crippen LogP contribution >= 0.6 is 0 Å². The van der Waals surface area contributed by atoms with Crippen LogP contribution in [0.2, 0.25) is 0 Å². The zero-order valence-electron chi connectivity index (χ0n) is 7.97. The standard InChI is InChI=1S/2C3H7NO.2ClH.Hf/c2*1-3(5)4-2;;;/h2*1-2H3,(H,4,5);2*1H;/q;;;;+4/p-4. The smallest absolute Gasteiger partial charge is 1.00 e. The second-order valence-corrected chi connectivity index (χ2v) is 7.79. The minimum Gasteiger partial charge on any atom is -1.00 e. The molecule has 0 saturated heterocycles. The van der Waals surface area contributed by atoms with E-state index in [1.165, 1.54) is 13.8 Å². The van der Waals surface area contributed by atoms with Gasteiger partial charge in [0.05, 0.1) is 0 Å². The number of carbonyl (C=O) groups is 2. The zero-order valence-corrected chi connectivity index (χ0v) is 13.1. The Morgan fingerprint density at radius 1 is 0.923 bits per heavy atom. The second kappa shape index (κ2) is 8.97. The molecule has 0 radical (unpaired) electrons. The largest absolute Gasteiger partial charge is 1.00 e. The summed E-state index contributed by atoms with van der Waals surface area (Å²) in [7, 11) is 3.48. The molecule has 0 atom stereocenters. The number of rotatable bonds is 2. The van der Waals surface area contributed by atoms with E-state index in [9.17, 15) is 9.59 Å². The van der Waals surface area contributed by atoms with E-state index < -0.39 is 23.5 Å². The molecule has 0 heterocycles. The number of halogens is 2. The van der Waals surface area contributed by atoms with Crippen molar-refractivity contribution < 1.29 is 57.9 Å². The van der Waals surface area contributed by atoms with Crippen LogP contribution in [-0.2, 0) is 33.1 Å². The summed E-state index contributed by atoms with van der Waals surface area (Å²) in [6.07, 6.45) is 0. The number of carbonyl (C=O) groups excluding carboxylic acids is 2. The minimum atomic E-state index is -1.35. The van der Waals surface area contributed by atoms with Crippen LogP contribution in [0.25, 0.3) is 0 Å². The van der Waals surface area contributed by atoms with Crippen LogP contribution in [0.5, 0.6) is 0 Å². The van der Waals surface area contributed by atoms with Crippen molar-refractivity contribution in [3.05, 3.63) is 0 Å². The molecule has 0 saturated carbocycles. The Morgan fingerprint density at radius 2 is 1.15 bits per heavy atom. The van der Waals surface area contributed by atoms with Crippen LogP contribution < -0.4 is 24.8 Å². The van der Waals surface area contributed by atoms with Gasteiger partial charge in [0.15, 0.2) is 0 Å². The van der Waals surface area contributed by atoms with Crippen LogP contribution in [-0.4, -0.2) is 31.7 Å². The van der Waals surface area contributed by atoms with E-state index in [0.29, 0.717) is 0 Å². The van der Waals surface area contributed by atoms with E-state index in [2.05, 4.69) is 0 Å². The average Bonchev–Trinajstić information content (AvgIpc) is 1.87. The minimum absolute atomic E-state index is 0. The first-order valence-electron chi connectivity index (χ1n) is 3.20. The zero-order chi connectivity index (χ0) is 9.02. The number of amides is 2. The van der Waals surface area contributed by atoms with Crippen molar-refractivity contribution in [3.63, 3.8) is 0 Å². The van der Waals surface area contributed by atoms with Gasteiger partial charge in [-0.05, 0) is 0 Å². The van der Waals surface area contributed by atoms with Crippen LogP contribution in [0.1, 0.15) is 13.8 Å². The van der Waals surface area contributed by atoms with Gasteiger partial charge in [-0.15, -0.1) is 0 Å². The Morgan fingerprint density at radius 3 is 1.31 bits per heavy atom. The van der Waals surface area contributed by atoms with Crippen molar-refractivity contribution in [2.24, 2.45) is 0 Å². The van der Waals surface area contributed by atoms with Gasteiger partial charge in [-0.25, -0.2) is 0 Å². The molecule has 7 heteroatoms. The van der Waals surface area contributed by atoms with Crippen molar-refractivity contribution in [2.45, 2.75) is 13.8 Å². The third-order valence-electron chi connectivity index (χ3n) is 1.24. The number of hydrogen-bond donors (Lipinski definition) is 0. The monoisotopic (exact) mass is 394 g/mol. The van der Waals surface area contributed by atoms with Gasteiger partial charge in [0, 0.05) is 0 Å². The normalized spacial score (nSPS) is 7.08. The Bertz CT molecular complexity index is 162. The molecule has 0 fully saturated rings. The number of hydrogen-bond acceptors (Lipinski definition) is 2. The summed E-state index contributed by atoms with van der Waals surface area (Å²) in [5, 5.41) is 0. The molecule has 0 aliphatic rings. The predicted octanol–water partition coefficient (Wildman–Crippen LogP) is -6.14. The second-order valence-electron chi connectivity index (χ2n) is 2.26. The first-order valence-corrected chi connectivity index (χ1v) is 6.41. The number of nitrogens with zero attached hydrogens (tertiary/aromatic N) is 2. The van der Waals surface area contributed by atoms with Gasteiger partial charge in [0.1, 0.15) is 0 Å². The van der Waals surface area contributed by atoms with Crippen LogP contribution in [0.4, 0.5) is 0 Å². The molecule has 0 unspecified atom stereocenters. The van der Waals surface area contributed by atoms with Crippen LogP contribution in [0.15, 0.2) is 0 Å². The van der Waals surface area contributed by atoms with Gasteiger partial charge in [-0.1, -0.05) is 0 Å². The molecule has 0 aliphatic heterocycles. The van der Waals surface area contributed by atoms with Gasteiger partial charge >= 0.3 is 78.6 Å². The molecule has 2 amide bonds. The van der Waals surface area contributed by atoms with Crippen molar-refractivity contribution >= 4 is 11.8 Å². The van der Waals surface area contributed by atoms with Crippen LogP contribution in [0, 0.1) is 0 Å². The fraction of sp³-hybridized carbons (Fsp3) is 0.667. The van der Waals surface area contributed by atoms with Crippen LogP contribution in [0.3, 0.4) is 0 Å². The van der Waals surface area contributed by atoms with Gasteiger partial charge in [-0.3, -0.25) is 0 Å². The fourth-order valence-electron chi connectivity index (χ4n) is 0.366. The Hall–Kier alpha value is 0.390. The molecule has 0 aromatic carbocycles. The molecule has 0 spiro atoms. The maximum Gasteiger partial charge on any atom is -1.00 e. The Labute approximate surface area is 103 Å². The fourth-order valence-corrected chi connectivity index (χ4v) is 2.99. The van der Waals surface area contributed by atoms with Crippen molar-refractivity contribution in [2.75, 3.05) is 14.1 Å². The summed E-state index contributed by atoms with van der Waals surface area (Å²) in [5.41, 5.74) is 0. The maximum absolute atomic E-state index is 10.7. The van der Waals surface area contributed by atoms with E-state index in [1.807, 2.05) is 0 Å². The molecule has 76 valence electrons. The van der Waals surface area contributed by atoms with Crippen molar-refractivity contribution in [3.8, 4) is 0 Å². The molecular weight excluding hydrogens is 381 g/mol. The predicted molar refractivity (Wildman–Crippen MR) is 36.9 cm³/mol.